The molecule has 6 nitrogen and oxygen atoms in total. The molecule has 4 aliphatic rings. The lowest BCUT2D eigenvalue weighted by molar-refractivity contribution is -0.134. The van der Waals surface area contributed by atoms with Gasteiger partial charge >= 0.3 is 6.03 Å². The number of carbonyl (C=O) groups excluding carboxylic acids is 2. The van der Waals surface area contributed by atoms with Crippen LogP contribution in [0.1, 0.15) is 29.9 Å². The molecular formula is C19H26N4O2. The molecule has 2 bridgehead atoms. The molecule has 0 unspecified atom stereocenters. The van der Waals surface area contributed by atoms with Crippen molar-refractivity contribution in [2.45, 2.75) is 37.8 Å². The molecule has 5 rings (SSSR count). The molecule has 3 N–H and O–H groups in total. The number of fused-ring (bicyclic) bond motifs is 2. The van der Waals surface area contributed by atoms with E-state index in [9.17, 15) is 9.59 Å². The molecule has 4 heterocycles. The fraction of sp³-hybridized carbons (Fsp3) is 0.579. The van der Waals surface area contributed by atoms with Gasteiger partial charge in [-0.2, -0.15) is 0 Å². The number of nitrogens with two attached hydrogens (primary N) is 1. The van der Waals surface area contributed by atoms with E-state index >= 15 is 0 Å². The number of amides is 3. The fourth-order valence-corrected chi connectivity index (χ4v) is 5.08. The highest BCUT2D eigenvalue weighted by molar-refractivity contribution is 5.84. The van der Waals surface area contributed by atoms with Gasteiger partial charge in [0, 0.05) is 18.5 Å². The van der Waals surface area contributed by atoms with E-state index in [-0.39, 0.29) is 18.5 Å². The molecule has 3 atom stereocenters. The van der Waals surface area contributed by atoms with Gasteiger partial charge in [0.05, 0.1) is 12.6 Å². The SMILES string of the molecule is Cc1ccc([C@@H]2CN(C(=O)CNC(N)=O)[C@@H]3C4CCN(CC4)[C@@H]32)cc1. The van der Waals surface area contributed by atoms with Crippen LogP contribution in [-0.2, 0) is 4.79 Å². The Morgan fingerprint density at radius 2 is 1.84 bits per heavy atom. The molecule has 4 fully saturated rings. The van der Waals surface area contributed by atoms with Crippen LogP contribution in [0, 0.1) is 12.8 Å². The number of likely N-dealkylation sites (tertiary alicyclic amines) is 1. The molecule has 4 saturated heterocycles. The lowest BCUT2D eigenvalue weighted by Crippen LogP contribution is -2.61. The highest BCUT2D eigenvalue weighted by atomic mass is 16.2. The maximum absolute atomic E-state index is 12.7. The van der Waals surface area contributed by atoms with Crippen LogP contribution in [0.25, 0.3) is 0 Å². The Kier molecular flexibility index (Phi) is 4.15. The van der Waals surface area contributed by atoms with E-state index in [0.29, 0.717) is 17.9 Å². The molecule has 1 aromatic carbocycles. The smallest absolute Gasteiger partial charge is 0.312 e. The van der Waals surface area contributed by atoms with Crippen molar-refractivity contribution in [2.24, 2.45) is 11.7 Å². The number of hydrogen-bond acceptors (Lipinski definition) is 3. The molecule has 0 spiro atoms. The highest BCUT2D eigenvalue weighted by Gasteiger charge is 2.54. The molecule has 0 aromatic heterocycles. The first kappa shape index (κ1) is 16.4. The molecule has 4 aliphatic heterocycles. The summed E-state index contributed by atoms with van der Waals surface area (Å²) in [5.41, 5.74) is 7.70. The number of nitrogens with one attached hydrogen (secondary N) is 1. The molecule has 134 valence electrons. The average Bonchev–Trinajstić information content (AvgIpc) is 3.04. The largest absolute Gasteiger partial charge is 0.352 e. The number of urea groups is 1. The number of benzene rings is 1. The Hall–Kier alpha value is -2.08. The van der Waals surface area contributed by atoms with Gasteiger partial charge in [-0.3, -0.25) is 9.69 Å². The van der Waals surface area contributed by atoms with Crippen molar-refractivity contribution in [2.75, 3.05) is 26.2 Å². The third-order valence-corrected chi connectivity index (χ3v) is 6.23. The summed E-state index contributed by atoms with van der Waals surface area (Å²) in [7, 11) is 0. The van der Waals surface area contributed by atoms with Crippen LogP contribution in [-0.4, -0.2) is 60.0 Å². The van der Waals surface area contributed by atoms with Crippen molar-refractivity contribution < 1.29 is 9.59 Å². The lowest BCUT2D eigenvalue weighted by Gasteiger charge is -2.51. The van der Waals surface area contributed by atoms with Gasteiger partial charge in [0.2, 0.25) is 5.91 Å². The van der Waals surface area contributed by atoms with E-state index in [1.807, 2.05) is 4.90 Å². The number of nitrogens with zero attached hydrogens (tertiary/aromatic N) is 2. The van der Waals surface area contributed by atoms with Gasteiger partial charge < -0.3 is 16.0 Å². The Bertz CT molecular complexity index is 667. The first-order valence-electron chi connectivity index (χ1n) is 9.18. The summed E-state index contributed by atoms with van der Waals surface area (Å²) in [6.07, 6.45) is 2.32. The van der Waals surface area contributed by atoms with E-state index in [2.05, 4.69) is 41.4 Å². The topological polar surface area (TPSA) is 78.7 Å². The average molecular weight is 342 g/mol. The van der Waals surface area contributed by atoms with Crippen molar-refractivity contribution in [1.29, 1.82) is 0 Å². The Morgan fingerprint density at radius 1 is 1.16 bits per heavy atom. The first-order chi connectivity index (χ1) is 12.0. The number of rotatable bonds is 3. The summed E-state index contributed by atoms with van der Waals surface area (Å²) in [5, 5.41) is 2.46. The van der Waals surface area contributed by atoms with Crippen LogP contribution in [0.3, 0.4) is 0 Å². The lowest BCUT2D eigenvalue weighted by atomic mass is 9.75. The van der Waals surface area contributed by atoms with E-state index in [4.69, 9.17) is 5.73 Å². The van der Waals surface area contributed by atoms with Crippen molar-refractivity contribution in [3.63, 3.8) is 0 Å². The van der Waals surface area contributed by atoms with Gasteiger partial charge in [-0.25, -0.2) is 4.79 Å². The monoisotopic (exact) mass is 342 g/mol. The number of aryl methyl sites for hydroxylation is 1. The summed E-state index contributed by atoms with van der Waals surface area (Å²) in [5.74, 6) is 0.895. The summed E-state index contributed by atoms with van der Waals surface area (Å²) in [4.78, 5) is 28.3. The second-order valence-corrected chi connectivity index (χ2v) is 7.64. The summed E-state index contributed by atoms with van der Waals surface area (Å²) >= 11 is 0. The third kappa shape index (κ3) is 2.88. The minimum Gasteiger partial charge on any atom is -0.352 e. The zero-order valence-electron chi connectivity index (χ0n) is 14.6. The van der Waals surface area contributed by atoms with Crippen molar-refractivity contribution in [1.82, 2.24) is 15.1 Å². The van der Waals surface area contributed by atoms with E-state index in [0.717, 1.165) is 32.5 Å². The van der Waals surface area contributed by atoms with Gasteiger partial charge in [0.25, 0.3) is 0 Å². The van der Waals surface area contributed by atoms with E-state index in [1.165, 1.54) is 11.1 Å². The van der Waals surface area contributed by atoms with Gasteiger partial charge in [-0.1, -0.05) is 29.8 Å². The maximum atomic E-state index is 12.7. The minimum absolute atomic E-state index is 0.00804. The molecule has 25 heavy (non-hydrogen) atoms. The summed E-state index contributed by atoms with van der Waals surface area (Å²) in [6.45, 7) is 5.08. The van der Waals surface area contributed by atoms with Crippen LogP contribution in [0.4, 0.5) is 4.79 Å². The zero-order valence-corrected chi connectivity index (χ0v) is 14.6. The number of carbonyl (C=O) groups is 2. The van der Waals surface area contributed by atoms with Crippen molar-refractivity contribution in [3.05, 3.63) is 35.4 Å². The first-order valence-corrected chi connectivity index (χ1v) is 9.18. The van der Waals surface area contributed by atoms with E-state index < -0.39 is 6.03 Å². The molecule has 0 aliphatic carbocycles. The number of hydrogen-bond donors (Lipinski definition) is 2. The van der Waals surface area contributed by atoms with E-state index in [1.54, 1.807) is 0 Å². The number of primary amides is 1. The van der Waals surface area contributed by atoms with Crippen LogP contribution >= 0.6 is 0 Å². The molecule has 3 amide bonds. The Labute approximate surface area is 148 Å². The quantitative estimate of drug-likeness (QED) is 0.862. The summed E-state index contributed by atoms with van der Waals surface area (Å²) < 4.78 is 0. The van der Waals surface area contributed by atoms with Crippen molar-refractivity contribution >= 4 is 11.9 Å². The Morgan fingerprint density at radius 3 is 2.48 bits per heavy atom. The third-order valence-electron chi connectivity index (χ3n) is 6.23. The number of piperidine rings is 3. The van der Waals surface area contributed by atoms with Gasteiger partial charge in [0.15, 0.2) is 0 Å². The minimum atomic E-state index is -0.645. The predicted octanol–water partition coefficient (Wildman–Crippen LogP) is 1.05. The zero-order chi connectivity index (χ0) is 17.6. The fourth-order valence-electron chi connectivity index (χ4n) is 5.08. The second kappa shape index (κ2) is 6.33. The molecular weight excluding hydrogens is 316 g/mol. The van der Waals surface area contributed by atoms with Gasteiger partial charge in [0.1, 0.15) is 0 Å². The second-order valence-electron chi connectivity index (χ2n) is 7.64. The predicted molar refractivity (Wildman–Crippen MR) is 95.1 cm³/mol. The molecule has 6 heteroatoms. The highest BCUT2D eigenvalue weighted by Crippen LogP contribution is 2.46. The van der Waals surface area contributed by atoms with Gasteiger partial charge in [-0.05, 0) is 44.3 Å². The maximum Gasteiger partial charge on any atom is 0.312 e. The summed E-state index contributed by atoms with van der Waals surface area (Å²) in [6, 6.07) is 8.73. The molecule has 0 saturated carbocycles. The van der Waals surface area contributed by atoms with Crippen LogP contribution in [0.2, 0.25) is 0 Å². The van der Waals surface area contributed by atoms with Crippen LogP contribution < -0.4 is 11.1 Å². The molecule has 1 aromatic rings. The molecule has 0 radical (unpaired) electrons. The van der Waals surface area contributed by atoms with Crippen LogP contribution in [0.5, 0.6) is 0 Å². The Balaban J connectivity index is 1.62. The van der Waals surface area contributed by atoms with Crippen molar-refractivity contribution in [3.8, 4) is 0 Å². The van der Waals surface area contributed by atoms with Crippen LogP contribution in [0.15, 0.2) is 24.3 Å². The standard InChI is InChI=1S/C19H26N4O2/c1-12-2-4-13(5-3-12)15-11-23(16(24)10-21-19(20)25)17-14-6-8-22(9-7-14)18(15)17/h2-5,14-15,17-18H,6-11H2,1H3,(H3,20,21,25)/t15-,17+,18+/m0/s1. The van der Waals surface area contributed by atoms with Gasteiger partial charge in [-0.15, -0.1) is 0 Å². The normalized spacial score (nSPS) is 33.2.